The number of hydrogen-bond acceptors (Lipinski definition) is 3. The predicted molar refractivity (Wildman–Crippen MR) is 80.2 cm³/mol. The lowest BCUT2D eigenvalue weighted by molar-refractivity contribution is 0.0430. The lowest BCUT2D eigenvalue weighted by Gasteiger charge is -2.46. The molecule has 2 aliphatic heterocycles. The maximum atomic E-state index is 6.29. The molecule has 110 valence electrons. The summed E-state index contributed by atoms with van der Waals surface area (Å²) in [5.74, 6) is 0.984. The number of nitrogens with zero attached hydrogens (tertiary/aromatic N) is 2. The summed E-state index contributed by atoms with van der Waals surface area (Å²) in [6, 6.07) is 0.862. The molecule has 3 rings (SSSR count). The number of rotatable bonds is 2. The van der Waals surface area contributed by atoms with Crippen LogP contribution in [0.15, 0.2) is 0 Å². The quantitative estimate of drug-likeness (QED) is 0.829. The van der Waals surface area contributed by atoms with Gasteiger partial charge in [-0.3, -0.25) is 4.90 Å². The van der Waals surface area contributed by atoms with Crippen molar-refractivity contribution in [3.63, 3.8) is 0 Å². The second-order valence-corrected chi connectivity index (χ2v) is 7.18. The average Bonchev–Trinajstić information content (AvgIpc) is 2.78. The standard InChI is InChI=1S/C16H31N3/c1-18-10-4-8-16(13-17,9-12-18)19-11-7-14-5-2-3-6-15(14)19/h14-15H,2-13,17H2,1H3. The van der Waals surface area contributed by atoms with Crippen LogP contribution >= 0.6 is 0 Å². The van der Waals surface area contributed by atoms with Crippen LogP contribution in [0.3, 0.4) is 0 Å². The zero-order valence-corrected chi connectivity index (χ0v) is 12.6. The fourth-order valence-electron chi connectivity index (χ4n) is 4.92. The van der Waals surface area contributed by atoms with Crippen molar-refractivity contribution in [1.82, 2.24) is 9.80 Å². The molecule has 1 saturated carbocycles. The van der Waals surface area contributed by atoms with E-state index in [1.54, 1.807) is 0 Å². The minimum atomic E-state index is 0.321. The molecule has 3 atom stereocenters. The Labute approximate surface area is 118 Å². The normalized spacial score (nSPS) is 42.0. The summed E-state index contributed by atoms with van der Waals surface area (Å²) in [7, 11) is 2.26. The average molecular weight is 265 g/mol. The summed E-state index contributed by atoms with van der Waals surface area (Å²) < 4.78 is 0. The van der Waals surface area contributed by atoms with E-state index in [1.807, 2.05) is 0 Å². The van der Waals surface area contributed by atoms with Gasteiger partial charge in [0.15, 0.2) is 0 Å². The Balaban J connectivity index is 1.77. The molecule has 1 aliphatic carbocycles. The molecule has 0 aromatic rings. The van der Waals surface area contributed by atoms with Gasteiger partial charge in [0.2, 0.25) is 0 Å². The van der Waals surface area contributed by atoms with Crippen LogP contribution in [0.25, 0.3) is 0 Å². The minimum Gasteiger partial charge on any atom is -0.329 e. The van der Waals surface area contributed by atoms with Crippen molar-refractivity contribution in [3.05, 3.63) is 0 Å². The SMILES string of the molecule is CN1CCCC(CN)(N2CCC3CCCCC32)CC1. The number of hydrogen-bond donors (Lipinski definition) is 1. The van der Waals surface area contributed by atoms with Gasteiger partial charge >= 0.3 is 0 Å². The van der Waals surface area contributed by atoms with E-state index in [1.165, 1.54) is 71.0 Å². The Bertz CT molecular complexity index is 306. The first-order valence-corrected chi connectivity index (χ1v) is 8.40. The largest absolute Gasteiger partial charge is 0.329 e. The third-order valence-electron chi connectivity index (χ3n) is 6.14. The first kappa shape index (κ1) is 13.8. The van der Waals surface area contributed by atoms with Gasteiger partial charge in [-0.1, -0.05) is 12.8 Å². The van der Waals surface area contributed by atoms with Crippen molar-refractivity contribution >= 4 is 0 Å². The Morgan fingerprint density at radius 2 is 1.84 bits per heavy atom. The van der Waals surface area contributed by atoms with Crippen LogP contribution < -0.4 is 5.73 Å². The summed E-state index contributed by atoms with van der Waals surface area (Å²) >= 11 is 0. The van der Waals surface area contributed by atoms with Crippen LogP contribution in [0.4, 0.5) is 0 Å². The molecule has 2 saturated heterocycles. The van der Waals surface area contributed by atoms with Gasteiger partial charge in [0.25, 0.3) is 0 Å². The molecule has 0 aromatic heterocycles. The Hall–Kier alpha value is -0.120. The highest BCUT2D eigenvalue weighted by Crippen LogP contribution is 2.42. The second kappa shape index (κ2) is 5.71. The molecule has 3 unspecified atom stereocenters. The van der Waals surface area contributed by atoms with Crippen molar-refractivity contribution in [1.29, 1.82) is 0 Å². The van der Waals surface area contributed by atoms with E-state index in [4.69, 9.17) is 5.73 Å². The van der Waals surface area contributed by atoms with Crippen LogP contribution in [0.2, 0.25) is 0 Å². The first-order valence-electron chi connectivity index (χ1n) is 8.40. The van der Waals surface area contributed by atoms with E-state index in [0.717, 1.165) is 18.5 Å². The van der Waals surface area contributed by atoms with Gasteiger partial charge in [0.05, 0.1) is 0 Å². The van der Waals surface area contributed by atoms with E-state index in [9.17, 15) is 0 Å². The topological polar surface area (TPSA) is 32.5 Å². The highest BCUT2D eigenvalue weighted by Gasteiger charge is 2.46. The molecule has 0 radical (unpaired) electrons. The van der Waals surface area contributed by atoms with E-state index in [0.29, 0.717) is 5.54 Å². The molecule has 0 amide bonds. The first-order chi connectivity index (χ1) is 9.25. The van der Waals surface area contributed by atoms with E-state index < -0.39 is 0 Å². The number of likely N-dealkylation sites (tertiary alicyclic amines) is 2. The molecule has 0 aromatic carbocycles. The van der Waals surface area contributed by atoms with Crippen LogP contribution in [0, 0.1) is 5.92 Å². The molecule has 0 bridgehead atoms. The fourth-order valence-corrected chi connectivity index (χ4v) is 4.92. The summed E-state index contributed by atoms with van der Waals surface area (Å²) in [4.78, 5) is 5.36. The lowest BCUT2D eigenvalue weighted by Crippen LogP contribution is -2.57. The molecule has 3 heteroatoms. The van der Waals surface area contributed by atoms with E-state index in [-0.39, 0.29) is 0 Å². The maximum absolute atomic E-state index is 6.29. The Kier molecular flexibility index (Phi) is 4.16. The summed E-state index contributed by atoms with van der Waals surface area (Å²) in [6.07, 6.45) is 11.2. The molecular formula is C16H31N3. The third kappa shape index (κ3) is 2.57. The van der Waals surface area contributed by atoms with Crippen molar-refractivity contribution in [2.24, 2.45) is 11.7 Å². The van der Waals surface area contributed by atoms with Gasteiger partial charge in [0, 0.05) is 18.1 Å². The maximum Gasteiger partial charge on any atom is 0.0347 e. The van der Waals surface area contributed by atoms with Crippen molar-refractivity contribution in [3.8, 4) is 0 Å². The van der Waals surface area contributed by atoms with Crippen LogP contribution in [-0.4, -0.2) is 54.6 Å². The Morgan fingerprint density at radius 3 is 2.68 bits per heavy atom. The molecule has 3 aliphatic rings. The summed E-state index contributed by atoms with van der Waals surface area (Å²) in [6.45, 7) is 4.66. The van der Waals surface area contributed by atoms with E-state index >= 15 is 0 Å². The zero-order valence-electron chi connectivity index (χ0n) is 12.6. The smallest absolute Gasteiger partial charge is 0.0347 e. The van der Waals surface area contributed by atoms with E-state index in [2.05, 4.69) is 16.8 Å². The predicted octanol–water partition coefficient (Wildman–Crippen LogP) is 2.06. The third-order valence-corrected chi connectivity index (χ3v) is 6.14. The highest BCUT2D eigenvalue weighted by molar-refractivity contribution is 5.02. The molecule has 3 nitrogen and oxygen atoms in total. The molecule has 19 heavy (non-hydrogen) atoms. The lowest BCUT2D eigenvalue weighted by atomic mass is 9.82. The molecule has 0 spiro atoms. The van der Waals surface area contributed by atoms with Crippen molar-refractivity contribution in [2.75, 3.05) is 33.2 Å². The summed E-state index contributed by atoms with van der Waals surface area (Å²) in [5, 5.41) is 0. The van der Waals surface area contributed by atoms with Gasteiger partial charge in [-0.2, -0.15) is 0 Å². The molecule has 2 N–H and O–H groups in total. The van der Waals surface area contributed by atoms with Gasteiger partial charge in [0.1, 0.15) is 0 Å². The van der Waals surface area contributed by atoms with Crippen LogP contribution in [0.1, 0.15) is 51.4 Å². The minimum absolute atomic E-state index is 0.321. The fraction of sp³-hybridized carbons (Fsp3) is 1.00. The van der Waals surface area contributed by atoms with Crippen molar-refractivity contribution < 1.29 is 0 Å². The van der Waals surface area contributed by atoms with Gasteiger partial charge in [-0.25, -0.2) is 0 Å². The van der Waals surface area contributed by atoms with Gasteiger partial charge in [-0.15, -0.1) is 0 Å². The Morgan fingerprint density at radius 1 is 1.00 bits per heavy atom. The molecular weight excluding hydrogens is 234 g/mol. The molecule has 3 fully saturated rings. The monoisotopic (exact) mass is 265 g/mol. The van der Waals surface area contributed by atoms with Gasteiger partial charge in [-0.05, 0) is 71.1 Å². The zero-order chi connectivity index (χ0) is 13.3. The van der Waals surface area contributed by atoms with Gasteiger partial charge < -0.3 is 10.6 Å². The van der Waals surface area contributed by atoms with Crippen molar-refractivity contribution in [2.45, 2.75) is 62.9 Å². The van der Waals surface area contributed by atoms with Crippen LogP contribution in [0.5, 0.6) is 0 Å². The van der Waals surface area contributed by atoms with Crippen LogP contribution in [-0.2, 0) is 0 Å². The second-order valence-electron chi connectivity index (χ2n) is 7.18. The summed E-state index contributed by atoms with van der Waals surface area (Å²) in [5.41, 5.74) is 6.62. The number of nitrogens with two attached hydrogens (primary N) is 1. The molecule has 2 heterocycles. The highest BCUT2D eigenvalue weighted by atomic mass is 15.3. The number of fused-ring (bicyclic) bond motifs is 1.